The number of benzene rings is 8. The smallest absolute Gasteiger partial charge is 0.160 e. The predicted octanol–water partition coefficient (Wildman–Crippen LogP) is 16.2. The van der Waals surface area contributed by atoms with Crippen molar-refractivity contribution in [1.29, 1.82) is 0 Å². The van der Waals surface area contributed by atoms with Crippen molar-refractivity contribution in [2.45, 2.75) is 46.5 Å². The van der Waals surface area contributed by atoms with Crippen molar-refractivity contribution in [2.24, 2.45) is 9.98 Å². The monoisotopic (exact) mass is 829 g/mol. The van der Waals surface area contributed by atoms with Gasteiger partial charge in [-0.2, -0.15) is 0 Å². The topological polar surface area (TPSA) is 29.6 Å². The maximum atomic E-state index is 5.69. The van der Waals surface area contributed by atoms with Crippen LogP contribution >= 0.6 is 11.3 Å². The first kappa shape index (κ1) is 38.8. The van der Waals surface area contributed by atoms with Crippen LogP contribution in [0, 0.1) is 0 Å². The number of aromatic nitrogens is 1. The molecule has 0 atom stereocenters. The van der Waals surface area contributed by atoms with Gasteiger partial charge in [0.05, 0.1) is 16.7 Å². The zero-order chi connectivity index (χ0) is 42.8. The Morgan fingerprint density at radius 3 is 2.03 bits per heavy atom. The summed E-state index contributed by atoms with van der Waals surface area (Å²) < 4.78 is 4.91. The highest BCUT2D eigenvalue weighted by molar-refractivity contribution is 7.26. The van der Waals surface area contributed by atoms with Crippen LogP contribution in [0.5, 0.6) is 0 Å². The SMILES string of the molecule is CC\C(C)=C(/N=C(\N=C(/C)c1cccc2c1sc1ccccc12)c1cccc2c1-c1ccccc1C2(C)C)c1ccc(-c2ccc3c(c2)c2ccccc2n3-c2ccccc2)cc1. The number of fused-ring (bicyclic) bond motifs is 9. The van der Waals surface area contributed by atoms with Crippen LogP contribution in [0.25, 0.3) is 75.6 Å². The molecule has 11 rings (SSSR count). The number of nitrogens with zero attached hydrogens (tertiary/aromatic N) is 3. The number of allylic oxidation sites excluding steroid dienone is 1. The van der Waals surface area contributed by atoms with Gasteiger partial charge in [0.15, 0.2) is 5.84 Å². The van der Waals surface area contributed by atoms with Gasteiger partial charge in [0.25, 0.3) is 0 Å². The summed E-state index contributed by atoms with van der Waals surface area (Å²) in [6.07, 6.45) is 0.864. The van der Waals surface area contributed by atoms with Crippen LogP contribution in [0.1, 0.15) is 68.9 Å². The fraction of sp³-hybridized carbons (Fsp3) is 0.119. The zero-order valence-corrected chi connectivity index (χ0v) is 37.1. The maximum Gasteiger partial charge on any atom is 0.160 e. The molecule has 4 heteroatoms. The molecular formula is C59H47N3S. The zero-order valence-electron chi connectivity index (χ0n) is 36.3. The third kappa shape index (κ3) is 6.39. The summed E-state index contributed by atoms with van der Waals surface area (Å²) in [6.45, 7) is 11.2. The van der Waals surface area contributed by atoms with Crippen LogP contribution in [0.4, 0.5) is 0 Å². The Bertz CT molecular complexity index is 3520. The van der Waals surface area contributed by atoms with Crippen molar-refractivity contribution in [1.82, 2.24) is 4.57 Å². The average molecular weight is 830 g/mol. The van der Waals surface area contributed by atoms with E-state index in [9.17, 15) is 0 Å². The molecule has 0 unspecified atom stereocenters. The minimum Gasteiger partial charge on any atom is -0.309 e. The van der Waals surface area contributed by atoms with Gasteiger partial charge >= 0.3 is 0 Å². The molecule has 0 saturated carbocycles. The molecule has 1 aliphatic carbocycles. The number of rotatable bonds is 7. The minimum absolute atomic E-state index is 0.151. The molecule has 0 spiro atoms. The van der Waals surface area contributed by atoms with Crippen molar-refractivity contribution in [2.75, 3.05) is 0 Å². The van der Waals surface area contributed by atoms with Crippen LogP contribution in [0.2, 0.25) is 0 Å². The van der Waals surface area contributed by atoms with Gasteiger partial charge in [0.2, 0.25) is 0 Å². The highest BCUT2D eigenvalue weighted by Gasteiger charge is 2.37. The van der Waals surface area contributed by atoms with E-state index in [4.69, 9.17) is 9.98 Å². The molecule has 0 aliphatic heterocycles. The number of thiophene rings is 1. The highest BCUT2D eigenvalue weighted by Crippen LogP contribution is 2.50. The van der Waals surface area contributed by atoms with E-state index < -0.39 is 0 Å². The molecule has 3 nitrogen and oxygen atoms in total. The van der Waals surface area contributed by atoms with Gasteiger partial charge < -0.3 is 4.57 Å². The largest absolute Gasteiger partial charge is 0.309 e. The molecule has 8 aromatic carbocycles. The average Bonchev–Trinajstić information content (AvgIpc) is 3.95. The van der Waals surface area contributed by atoms with Crippen LogP contribution in [-0.2, 0) is 5.41 Å². The van der Waals surface area contributed by atoms with Crippen molar-refractivity contribution < 1.29 is 0 Å². The Morgan fingerprint density at radius 2 is 1.21 bits per heavy atom. The molecule has 1 aliphatic rings. The second-order valence-electron chi connectivity index (χ2n) is 17.3. The molecule has 304 valence electrons. The number of amidine groups is 1. The van der Waals surface area contributed by atoms with Crippen LogP contribution < -0.4 is 0 Å². The molecule has 0 bridgehead atoms. The van der Waals surface area contributed by atoms with E-state index in [2.05, 4.69) is 221 Å². The molecule has 10 aromatic rings. The number of aliphatic imine (C=N–C) groups is 2. The molecule has 0 N–H and O–H groups in total. The van der Waals surface area contributed by atoms with E-state index in [1.54, 1.807) is 0 Å². The van der Waals surface area contributed by atoms with Gasteiger partial charge in [-0.1, -0.05) is 166 Å². The van der Waals surface area contributed by atoms with Crippen molar-refractivity contribution in [3.8, 4) is 27.9 Å². The van der Waals surface area contributed by atoms with Crippen molar-refractivity contribution >= 4 is 70.6 Å². The quantitative estimate of drug-likeness (QED) is 0.113. The van der Waals surface area contributed by atoms with Crippen LogP contribution in [-0.4, -0.2) is 16.1 Å². The Labute approximate surface area is 373 Å². The highest BCUT2D eigenvalue weighted by atomic mass is 32.1. The fourth-order valence-corrected chi connectivity index (χ4v) is 11.1. The van der Waals surface area contributed by atoms with E-state index in [1.807, 2.05) is 11.3 Å². The summed E-state index contributed by atoms with van der Waals surface area (Å²) in [7, 11) is 0. The van der Waals surface area contributed by atoms with Crippen LogP contribution in [0.3, 0.4) is 0 Å². The first-order valence-corrected chi connectivity index (χ1v) is 22.8. The number of hydrogen-bond acceptors (Lipinski definition) is 2. The lowest BCUT2D eigenvalue weighted by atomic mass is 9.82. The van der Waals surface area contributed by atoms with Gasteiger partial charge in [-0.05, 0) is 95.6 Å². The third-order valence-electron chi connectivity index (χ3n) is 13.2. The van der Waals surface area contributed by atoms with Crippen molar-refractivity contribution in [3.05, 3.63) is 215 Å². The molecule has 0 fully saturated rings. The van der Waals surface area contributed by atoms with E-state index in [0.717, 1.165) is 46.0 Å². The Balaban J connectivity index is 1.06. The summed E-state index contributed by atoms with van der Waals surface area (Å²) in [5, 5.41) is 5.04. The van der Waals surface area contributed by atoms with E-state index in [0.29, 0.717) is 0 Å². The number of hydrogen-bond donors (Lipinski definition) is 0. The molecule has 0 amide bonds. The Morgan fingerprint density at radius 1 is 0.556 bits per heavy atom. The predicted molar refractivity (Wildman–Crippen MR) is 271 cm³/mol. The molecule has 0 saturated heterocycles. The lowest BCUT2D eigenvalue weighted by molar-refractivity contribution is 0.660. The summed E-state index contributed by atoms with van der Waals surface area (Å²) >= 11 is 1.84. The van der Waals surface area contributed by atoms with Crippen molar-refractivity contribution in [3.63, 3.8) is 0 Å². The summed E-state index contributed by atoms with van der Waals surface area (Å²) in [4.78, 5) is 11.3. The normalized spacial score (nSPS) is 14.1. The second kappa shape index (κ2) is 15.3. The van der Waals surface area contributed by atoms with Gasteiger partial charge in [-0.3, -0.25) is 0 Å². The lowest BCUT2D eigenvalue weighted by Crippen LogP contribution is -2.15. The van der Waals surface area contributed by atoms with Crippen LogP contribution in [0.15, 0.2) is 198 Å². The Hall–Kier alpha value is -7.14. The summed E-state index contributed by atoms with van der Waals surface area (Å²) in [6, 6.07) is 66.1. The Kier molecular flexibility index (Phi) is 9.44. The van der Waals surface area contributed by atoms with Gasteiger partial charge in [0.1, 0.15) is 0 Å². The molecule has 2 heterocycles. The molecule has 2 aromatic heterocycles. The third-order valence-corrected chi connectivity index (χ3v) is 14.5. The molecule has 0 radical (unpaired) electrons. The maximum absolute atomic E-state index is 5.69. The lowest BCUT2D eigenvalue weighted by Gasteiger charge is -2.21. The van der Waals surface area contributed by atoms with E-state index >= 15 is 0 Å². The molecule has 63 heavy (non-hydrogen) atoms. The second-order valence-corrected chi connectivity index (χ2v) is 18.3. The summed E-state index contributed by atoms with van der Waals surface area (Å²) in [5.74, 6) is 0.724. The summed E-state index contributed by atoms with van der Waals surface area (Å²) in [5.41, 5.74) is 17.3. The van der Waals surface area contributed by atoms with Gasteiger partial charge in [-0.15, -0.1) is 11.3 Å². The molecular weight excluding hydrogens is 783 g/mol. The van der Waals surface area contributed by atoms with E-state index in [1.165, 1.54) is 80.9 Å². The van der Waals surface area contributed by atoms with E-state index in [-0.39, 0.29) is 5.41 Å². The minimum atomic E-state index is -0.151. The first-order valence-electron chi connectivity index (χ1n) is 22.0. The fourth-order valence-electron chi connectivity index (χ4n) is 9.85. The first-order chi connectivity index (χ1) is 30.8. The van der Waals surface area contributed by atoms with Gasteiger partial charge in [0, 0.05) is 64.4 Å². The number of para-hydroxylation sites is 2. The van der Waals surface area contributed by atoms with Gasteiger partial charge in [-0.25, -0.2) is 9.98 Å². The standard InChI is InChI=1S/C59H47N3S/c1-6-37(2)56(40-32-30-39(31-33-40)41-34-35-53-49(36-41)44-20-11-14-28-52(44)62(53)42-18-8-7-9-19-42)61-58(48-25-17-27-51-55(48)47-22-10-13-26-50(47)59(51,4)5)60-38(3)43-23-16-24-46-45-21-12-15-29-54(45)63-57(43)46/h7-36H,6H2,1-5H3/b56-37-,60-38+,61-58-.